The fourth-order valence-corrected chi connectivity index (χ4v) is 2.21. The van der Waals surface area contributed by atoms with Gasteiger partial charge in [-0.3, -0.25) is 9.17 Å². The fraction of sp³-hybridized carbons (Fsp3) is 0. The minimum atomic E-state index is -0.447. The van der Waals surface area contributed by atoms with E-state index in [1.54, 1.807) is 12.1 Å². The van der Waals surface area contributed by atoms with Crippen LogP contribution in [0.2, 0.25) is 0 Å². The first-order chi connectivity index (χ1) is 8.63. The van der Waals surface area contributed by atoms with Gasteiger partial charge in [0.05, 0.1) is 0 Å². The average Bonchev–Trinajstić information content (AvgIpc) is 2.69. The molecular formula is C10H4BrN5OS. The van der Waals surface area contributed by atoms with Crippen LogP contribution in [-0.4, -0.2) is 14.3 Å². The van der Waals surface area contributed by atoms with E-state index in [4.69, 9.17) is 11.7 Å². The number of aromatic nitrogens is 3. The van der Waals surface area contributed by atoms with Crippen LogP contribution in [0.5, 0.6) is 0 Å². The Morgan fingerprint density at radius 3 is 3.00 bits per heavy atom. The van der Waals surface area contributed by atoms with Gasteiger partial charge in [0.1, 0.15) is 21.4 Å². The molecular weight excluding hydrogens is 318 g/mol. The molecule has 0 saturated carbocycles. The van der Waals surface area contributed by atoms with E-state index in [1.165, 1.54) is 0 Å². The quantitative estimate of drug-likeness (QED) is 0.647. The number of H-pyrrole nitrogens is 1. The monoisotopic (exact) mass is 321 g/mol. The van der Waals surface area contributed by atoms with Crippen molar-refractivity contribution in [2.45, 2.75) is 0 Å². The molecule has 0 aliphatic rings. The van der Waals surface area contributed by atoms with E-state index in [1.807, 2.05) is 0 Å². The lowest BCUT2D eigenvalue weighted by Gasteiger charge is -2.02. The van der Waals surface area contributed by atoms with Crippen LogP contribution in [-0.2, 0) is 0 Å². The molecule has 0 bridgehead atoms. The number of hydrogen-bond acceptors (Lipinski definition) is 6. The zero-order chi connectivity index (χ0) is 13.1. The summed E-state index contributed by atoms with van der Waals surface area (Å²) in [6.45, 7) is 0. The zero-order valence-corrected chi connectivity index (χ0v) is 11.1. The second-order valence-electron chi connectivity index (χ2n) is 3.02. The van der Waals surface area contributed by atoms with Crippen molar-refractivity contribution < 1.29 is 0 Å². The molecule has 8 heteroatoms. The van der Waals surface area contributed by atoms with Gasteiger partial charge >= 0.3 is 0 Å². The van der Waals surface area contributed by atoms with Crippen molar-refractivity contribution in [3.05, 3.63) is 32.3 Å². The Bertz CT molecular complexity index is 736. The van der Waals surface area contributed by atoms with E-state index in [9.17, 15) is 4.79 Å². The molecule has 0 amide bonds. The number of anilines is 2. The first kappa shape index (κ1) is 12.3. The lowest BCUT2D eigenvalue weighted by atomic mass is 10.4. The summed E-state index contributed by atoms with van der Waals surface area (Å²) in [5, 5.41) is 12.0. The van der Waals surface area contributed by atoms with Gasteiger partial charge in [-0.25, -0.2) is 9.97 Å². The Kier molecular flexibility index (Phi) is 3.42. The Morgan fingerprint density at radius 2 is 2.33 bits per heavy atom. The van der Waals surface area contributed by atoms with E-state index in [-0.39, 0.29) is 11.5 Å². The highest BCUT2D eigenvalue weighted by atomic mass is 79.9. The number of aromatic amines is 1. The van der Waals surface area contributed by atoms with Crippen molar-refractivity contribution >= 4 is 38.4 Å². The fourth-order valence-electron chi connectivity index (χ4n) is 1.14. The molecule has 2 aromatic rings. The highest BCUT2D eigenvalue weighted by molar-refractivity contribution is 9.10. The summed E-state index contributed by atoms with van der Waals surface area (Å²) >= 11 is 4.19. The maximum atomic E-state index is 11.3. The van der Waals surface area contributed by atoms with Crippen LogP contribution < -0.4 is 10.9 Å². The lowest BCUT2D eigenvalue weighted by Crippen LogP contribution is -2.04. The van der Waals surface area contributed by atoms with E-state index in [0.717, 1.165) is 11.5 Å². The molecule has 0 aliphatic carbocycles. The molecule has 2 heterocycles. The highest BCUT2D eigenvalue weighted by Crippen LogP contribution is 2.20. The van der Waals surface area contributed by atoms with Gasteiger partial charge in [0.15, 0.2) is 5.56 Å². The summed E-state index contributed by atoms with van der Waals surface area (Å²) in [6, 6.07) is 3.38. The number of hydrogen-bond donors (Lipinski definition) is 2. The van der Waals surface area contributed by atoms with Crippen molar-refractivity contribution in [1.29, 1.82) is 5.26 Å². The van der Waals surface area contributed by atoms with Crippen molar-refractivity contribution in [3.63, 3.8) is 0 Å². The largest absolute Gasteiger partial charge is 0.313 e. The van der Waals surface area contributed by atoms with Gasteiger partial charge in [0.2, 0.25) is 5.95 Å². The van der Waals surface area contributed by atoms with Crippen molar-refractivity contribution in [3.8, 4) is 18.4 Å². The lowest BCUT2D eigenvalue weighted by molar-refractivity contribution is 1.13. The summed E-state index contributed by atoms with van der Waals surface area (Å²) in [4.78, 5) is 19.3. The van der Waals surface area contributed by atoms with Crippen LogP contribution in [0.1, 0.15) is 11.3 Å². The smallest absolute Gasteiger partial charge is 0.278 e. The van der Waals surface area contributed by atoms with E-state index in [2.05, 4.69) is 41.5 Å². The standard InChI is InChI=1S/C10H4BrN5OS/c1-2-5-3-7(11)14-10(13-5)15-9-6(4-12)8(17)16-18-9/h1,3H,(H,16,17)(H,13,14,15). The molecule has 0 aromatic carbocycles. The molecule has 2 N–H and O–H groups in total. The Balaban J connectivity index is 2.41. The van der Waals surface area contributed by atoms with Crippen molar-refractivity contribution in [2.24, 2.45) is 0 Å². The topological polar surface area (TPSA) is 94.5 Å². The Morgan fingerprint density at radius 1 is 1.56 bits per heavy atom. The molecule has 2 aromatic heterocycles. The van der Waals surface area contributed by atoms with Crippen LogP contribution in [0, 0.1) is 23.7 Å². The third kappa shape index (κ3) is 2.40. The minimum absolute atomic E-state index is 0.00849. The summed E-state index contributed by atoms with van der Waals surface area (Å²) in [6.07, 6.45) is 5.25. The molecule has 0 saturated heterocycles. The van der Waals surface area contributed by atoms with Crippen LogP contribution >= 0.6 is 27.5 Å². The predicted octanol–water partition coefficient (Wildman–Crippen LogP) is 1.59. The number of nitriles is 1. The maximum Gasteiger partial charge on any atom is 0.278 e. The van der Waals surface area contributed by atoms with E-state index < -0.39 is 5.56 Å². The summed E-state index contributed by atoms with van der Waals surface area (Å²) in [5.74, 6) is 2.59. The minimum Gasteiger partial charge on any atom is -0.313 e. The van der Waals surface area contributed by atoms with Crippen molar-refractivity contribution in [2.75, 3.05) is 5.32 Å². The summed E-state index contributed by atoms with van der Waals surface area (Å²) in [5.41, 5.74) is -0.0660. The molecule has 2 rings (SSSR count). The number of nitrogens with zero attached hydrogens (tertiary/aromatic N) is 3. The van der Waals surface area contributed by atoms with Gasteiger partial charge in [0.25, 0.3) is 5.56 Å². The molecule has 0 atom stereocenters. The molecule has 0 aliphatic heterocycles. The molecule has 0 fully saturated rings. The Labute approximate surface area is 114 Å². The van der Waals surface area contributed by atoms with E-state index in [0.29, 0.717) is 15.3 Å². The number of rotatable bonds is 2. The van der Waals surface area contributed by atoms with Gasteiger partial charge in [-0.05, 0) is 27.5 Å². The second kappa shape index (κ2) is 5.00. The van der Waals surface area contributed by atoms with Crippen molar-refractivity contribution in [1.82, 2.24) is 14.3 Å². The van der Waals surface area contributed by atoms with E-state index >= 15 is 0 Å². The number of nitrogens with one attached hydrogen (secondary N) is 2. The highest BCUT2D eigenvalue weighted by Gasteiger charge is 2.11. The molecule has 0 unspecified atom stereocenters. The van der Waals surface area contributed by atoms with Crippen LogP contribution in [0.15, 0.2) is 15.5 Å². The number of halogens is 1. The third-order valence-corrected chi connectivity index (χ3v) is 3.08. The summed E-state index contributed by atoms with van der Waals surface area (Å²) in [7, 11) is 0. The molecule has 18 heavy (non-hydrogen) atoms. The van der Waals surface area contributed by atoms with Gasteiger partial charge in [0, 0.05) is 6.07 Å². The van der Waals surface area contributed by atoms with Gasteiger partial charge < -0.3 is 5.32 Å². The molecule has 0 spiro atoms. The first-order valence-electron chi connectivity index (χ1n) is 4.54. The second-order valence-corrected chi connectivity index (χ2v) is 4.65. The molecule has 0 radical (unpaired) electrons. The predicted molar refractivity (Wildman–Crippen MR) is 70.6 cm³/mol. The number of terminal acetylenes is 1. The molecule has 6 nitrogen and oxygen atoms in total. The van der Waals surface area contributed by atoms with Gasteiger partial charge in [-0.2, -0.15) is 5.26 Å². The molecule has 88 valence electrons. The van der Waals surface area contributed by atoms with Gasteiger partial charge in [-0.15, -0.1) is 6.42 Å². The zero-order valence-electron chi connectivity index (χ0n) is 8.69. The van der Waals surface area contributed by atoms with Crippen LogP contribution in [0.3, 0.4) is 0 Å². The SMILES string of the molecule is C#Cc1cc(Br)nc(Nc2s[nH]c(=O)c2C#N)n1. The van der Waals surface area contributed by atoms with Gasteiger partial charge in [-0.1, -0.05) is 5.92 Å². The average molecular weight is 322 g/mol. The summed E-state index contributed by atoms with van der Waals surface area (Å²) < 4.78 is 2.95. The maximum absolute atomic E-state index is 11.3. The van der Waals surface area contributed by atoms with Crippen LogP contribution in [0.4, 0.5) is 10.9 Å². The first-order valence-corrected chi connectivity index (χ1v) is 6.14. The van der Waals surface area contributed by atoms with Crippen LogP contribution in [0.25, 0.3) is 0 Å². The normalized spacial score (nSPS) is 9.50. The Hall–Kier alpha value is -2.16. The third-order valence-electron chi connectivity index (χ3n) is 1.88.